The Morgan fingerprint density at radius 2 is 2.05 bits per heavy atom. The van der Waals surface area contributed by atoms with E-state index in [0.29, 0.717) is 17.4 Å². The van der Waals surface area contributed by atoms with Gasteiger partial charge < -0.3 is 20.5 Å². The number of benzene rings is 1. The number of nitrogen functional groups attached to an aromatic ring is 1. The predicted molar refractivity (Wildman–Crippen MR) is 82.7 cm³/mol. The molecule has 1 atom stereocenters. The Labute approximate surface area is 124 Å². The second-order valence-corrected chi connectivity index (χ2v) is 6.18. The second-order valence-electron chi connectivity index (χ2n) is 6.18. The van der Waals surface area contributed by atoms with Gasteiger partial charge in [-0.25, -0.2) is 4.98 Å². The summed E-state index contributed by atoms with van der Waals surface area (Å²) < 4.78 is 2.11. The highest BCUT2D eigenvalue weighted by molar-refractivity contribution is 5.79. The highest BCUT2D eigenvalue weighted by Gasteiger charge is 2.23. The molecule has 0 saturated heterocycles. The van der Waals surface area contributed by atoms with Crippen molar-refractivity contribution in [2.24, 2.45) is 5.92 Å². The number of hydrogen-bond acceptors (Lipinski definition) is 4. The minimum Gasteiger partial charge on any atom is -0.399 e. The summed E-state index contributed by atoms with van der Waals surface area (Å²) in [4.78, 5) is 4.54. The Hall–Kier alpha value is -1.59. The van der Waals surface area contributed by atoms with Gasteiger partial charge in [0.25, 0.3) is 0 Å². The van der Waals surface area contributed by atoms with Crippen LogP contribution >= 0.6 is 0 Å². The average molecular weight is 289 g/mol. The Morgan fingerprint density at radius 3 is 2.71 bits per heavy atom. The van der Waals surface area contributed by atoms with Crippen LogP contribution in [0.1, 0.15) is 44.5 Å². The summed E-state index contributed by atoms with van der Waals surface area (Å²) in [5.74, 6) is 1.22. The topological polar surface area (TPSA) is 84.3 Å². The SMILES string of the molecule is CC(O)c1nc2cc(N)ccc2n1CC1CCC(O)CC1. The number of fused-ring (bicyclic) bond motifs is 1. The Balaban J connectivity index is 1.93. The van der Waals surface area contributed by atoms with Crippen molar-refractivity contribution in [1.82, 2.24) is 9.55 Å². The second kappa shape index (κ2) is 5.66. The molecule has 1 aromatic heterocycles. The smallest absolute Gasteiger partial charge is 0.138 e. The molecule has 1 saturated carbocycles. The van der Waals surface area contributed by atoms with Crippen LogP contribution in [0.5, 0.6) is 0 Å². The number of aliphatic hydroxyl groups excluding tert-OH is 2. The van der Waals surface area contributed by atoms with E-state index in [-0.39, 0.29) is 6.10 Å². The third-order valence-corrected chi connectivity index (χ3v) is 4.43. The molecule has 1 aromatic carbocycles. The maximum absolute atomic E-state index is 9.99. The van der Waals surface area contributed by atoms with Crippen LogP contribution in [-0.2, 0) is 6.54 Å². The summed E-state index contributed by atoms with van der Waals surface area (Å²) in [5.41, 5.74) is 8.36. The van der Waals surface area contributed by atoms with Gasteiger partial charge in [-0.2, -0.15) is 0 Å². The van der Waals surface area contributed by atoms with Crippen LogP contribution in [0, 0.1) is 5.92 Å². The van der Waals surface area contributed by atoms with Crippen LogP contribution in [0.4, 0.5) is 5.69 Å². The molecular weight excluding hydrogens is 266 g/mol. The first-order chi connectivity index (χ1) is 10.0. The van der Waals surface area contributed by atoms with Crippen LogP contribution < -0.4 is 5.73 Å². The van der Waals surface area contributed by atoms with E-state index in [9.17, 15) is 10.2 Å². The summed E-state index contributed by atoms with van der Waals surface area (Å²) in [7, 11) is 0. The van der Waals surface area contributed by atoms with Gasteiger partial charge in [0.15, 0.2) is 0 Å². The summed E-state index contributed by atoms with van der Waals surface area (Å²) in [6.07, 6.45) is 3.04. The molecule has 2 aromatic rings. The molecule has 1 heterocycles. The zero-order chi connectivity index (χ0) is 15.0. The van der Waals surface area contributed by atoms with Gasteiger partial charge in [0, 0.05) is 12.2 Å². The van der Waals surface area contributed by atoms with Crippen molar-refractivity contribution in [1.29, 1.82) is 0 Å². The largest absolute Gasteiger partial charge is 0.399 e. The summed E-state index contributed by atoms with van der Waals surface area (Å²) in [6.45, 7) is 2.58. The standard InChI is InChI=1S/C16H23N3O2/c1-10(20)16-18-14-8-12(17)4-7-15(14)19(16)9-11-2-5-13(21)6-3-11/h4,7-8,10-11,13,20-21H,2-3,5-6,9,17H2,1H3. The number of aromatic nitrogens is 2. The molecule has 0 amide bonds. The Kier molecular flexibility index (Phi) is 3.87. The molecule has 1 aliphatic rings. The molecule has 0 radical (unpaired) electrons. The predicted octanol–water partition coefficient (Wildman–Crippen LogP) is 2.22. The average Bonchev–Trinajstić information content (AvgIpc) is 2.79. The number of rotatable bonds is 3. The molecule has 3 rings (SSSR count). The van der Waals surface area contributed by atoms with Crippen molar-refractivity contribution in [3.63, 3.8) is 0 Å². The minimum atomic E-state index is -0.604. The van der Waals surface area contributed by atoms with Gasteiger partial charge in [-0.1, -0.05) is 0 Å². The lowest BCUT2D eigenvalue weighted by atomic mass is 9.87. The van der Waals surface area contributed by atoms with E-state index in [1.807, 2.05) is 18.2 Å². The molecule has 5 heteroatoms. The van der Waals surface area contributed by atoms with Crippen molar-refractivity contribution in [2.75, 3.05) is 5.73 Å². The first kappa shape index (κ1) is 14.4. The normalized spacial score (nSPS) is 24.3. The minimum absolute atomic E-state index is 0.142. The molecule has 114 valence electrons. The fraction of sp³-hybridized carbons (Fsp3) is 0.562. The molecule has 21 heavy (non-hydrogen) atoms. The van der Waals surface area contributed by atoms with E-state index in [0.717, 1.165) is 43.3 Å². The van der Waals surface area contributed by atoms with Gasteiger partial charge in [-0.15, -0.1) is 0 Å². The quantitative estimate of drug-likeness (QED) is 0.756. The zero-order valence-corrected chi connectivity index (χ0v) is 12.4. The lowest BCUT2D eigenvalue weighted by Gasteiger charge is -2.26. The molecule has 1 unspecified atom stereocenters. The third-order valence-electron chi connectivity index (χ3n) is 4.43. The van der Waals surface area contributed by atoms with Crippen LogP contribution in [0.25, 0.3) is 11.0 Å². The maximum Gasteiger partial charge on any atom is 0.138 e. The monoisotopic (exact) mass is 289 g/mol. The first-order valence-corrected chi connectivity index (χ1v) is 7.66. The fourth-order valence-electron chi connectivity index (χ4n) is 3.26. The number of aliphatic hydroxyl groups is 2. The molecule has 0 bridgehead atoms. The van der Waals surface area contributed by atoms with Gasteiger partial charge in [-0.05, 0) is 56.7 Å². The highest BCUT2D eigenvalue weighted by Crippen LogP contribution is 2.29. The van der Waals surface area contributed by atoms with E-state index in [1.54, 1.807) is 6.92 Å². The number of anilines is 1. The number of hydrogen-bond donors (Lipinski definition) is 3. The van der Waals surface area contributed by atoms with E-state index < -0.39 is 6.10 Å². The van der Waals surface area contributed by atoms with Crippen molar-refractivity contribution in [3.05, 3.63) is 24.0 Å². The molecule has 0 spiro atoms. The number of imidazole rings is 1. The van der Waals surface area contributed by atoms with Crippen LogP contribution in [-0.4, -0.2) is 25.9 Å². The van der Waals surface area contributed by atoms with Crippen LogP contribution in [0.3, 0.4) is 0 Å². The van der Waals surface area contributed by atoms with E-state index in [1.165, 1.54) is 0 Å². The lowest BCUT2D eigenvalue weighted by Crippen LogP contribution is -2.22. The van der Waals surface area contributed by atoms with E-state index in [4.69, 9.17) is 5.73 Å². The molecule has 0 aliphatic heterocycles. The van der Waals surface area contributed by atoms with Gasteiger partial charge >= 0.3 is 0 Å². The maximum atomic E-state index is 9.99. The van der Waals surface area contributed by atoms with Crippen molar-refractivity contribution >= 4 is 16.7 Å². The summed E-state index contributed by atoms with van der Waals surface area (Å²) in [5, 5.41) is 19.6. The zero-order valence-electron chi connectivity index (χ0n) is 12.4. The van der Waals surface area contributed by atoms with Crippen LogP contribution in [0.2, 0.25) is 0 Å². The Morgan fingerprint density at radius 1 is 1.33 bits per heavy atom. The van der Waals surface area contributed by atoms with Gasteiger partial charge in [-0.3, -0.25) is 0 Å². The summed E-state index contributed by atoms with van der Waals surface area (Å²) >= 11 is 0. The van der Waals surface area contributed by atoms with Gasteiger partial charge in [0.05, 0.1) is 17.1 Å². The molecule has 1 fully saturated rings. The molecule has 4 N–H and O–H groups in total. The molecule has 1 aliphatic carbocycles. The first-order valence-electron chi connectivity index (χ1n) is 7.66. The van der Waals surface area contributed by atoms with E-state index in [2.05, 4.69) is 9.55 Å². The van der Waals surface area contributed by atoms with Crippen molar-refractivity contribution < 1.29 is 10.2 Å². The summed E-state index contributed by atoms with van der Waals surface area (Å²) in [6, 6.07) is 5.69. The molecular formula is C16H23N3O2. The van der Waals surface area contributed by atoms with Gasteiger partial charge in [0.1, 0.15) is 11.9 Å². The third kappa shape index (κ3) is 2.89. The Bertz CT molecular complexity index is 628. The fourth-order valence-corrected chi connectivity index (χ4v) is 3.26. The van der Waals surface area contributed by atoms with Crippen LogP contribution in [0.15, 0.2) is 18.2 Å². The number of nitrogens with zero attached hydrogens (tertiary/aromatic N) is 2. The van der Waals surface area contributed by atoms with Gasteiger partial charge in [0.2, 0.25) is 0 Å². The van der Waals surface area contributed by atoms with Crippen molar-refractivity contribution in [3.8, 4) is 0 Å². The van der Waals surface area contributed by atoms with E-state index >= 15 is 0 Å². The lowest BCUT2D eigenvalue weighted by molar-refractivity contribution is 0.103. The number of nitrogens with two attached hydrogens (primary N) is 1. The highest BCUT2D eigenvalue weighted by atomic mass is 16.3. The van der Waals surface area contributed by atoms with Crippen molar-refractivity contribution in [2.45, 2.75) is 51.4 Å². The molecule has 5 nitrogen and oxygen atoms in total.